The molecule has 2 unspecified atom stereocenters. The lowest BCUT2D eigenvalue weighted by molar-refractivity contribution is -0.144. The van der Waals surface area contributed by atoms with Crippen molar-refractivity contribution in [1.29, 1.82) is 0 Å². The molecule has 2 amide bonds. The van der Waals surface area contributed by atoms with E-state index in [0.29, 0.717) is 0 Å². The molecule has 6 heteroatoms. The number of nitrogens with one attached hydrogen (secondary N) is 1. The summed E-state index contributed by atoms with van der Waals surface area (Å²) in [5.74, 6) is -0.0654. The van der Waals surface area contributed by atoms with E-state index in [2.05, 4.69) is 5.32 Å². The zero-order valence-electron chi connectivity index (χ0n) is 11.4. The monoisotopic (exact) mass is 274 g/mol. The molecule has 0 aromatic rings. The highest BCUT2D eigenvalue weighted by molar-refractivity contribution is 7.98. The Bertz CT molecular complexity index is 333. The van der Waals surface area contributed by atoms with E-state index in [1.54, 1.807) is 30.6 Å². The second-order valence-corrected chi connectivity index (χ2v) is 6.04. The third kappa shape index (κ3) is 3.31. The fourth-order valence-electron chi connectivity index (χ4n) is 1.85. The zero-order valence-corrected chi connectivity index (χ0v) is 12.2. The summed E-state index contributed by atoms with van der Waals surface area (Å²) in [5, 5.41) is 12.0. The predicted octanol–water partition coefficient (Wildman–Crippen LogP) is 1.63. The first-order valence-electron chi connectivity index (χ1n) is 6.10. The number of amides is 2. The van der Waals surface area contributed by atoms with Crippen LogP contribution in [-0.2, 0) is 4.79 Å². The predicted molar refractivity (Wildman–Crippen MR) is 72.9 cm³/mol. The quantitative estimate of drug-likeness (QED) is 0.772. The van der Waals surface area contributed by atoms with E-state index >= 15 is 0 Å². The van der Waals surface area contributed by atoms with E-state index in [4.69, 9.17) is 0 Å². The van der Waals surface area contributed by atoms with Crippen LogP contribution in [0, 0.1) is 5.92 Å². The summed E-state index contributed by atoms with van der Waals surface area (Å²) in [6, 6.07) is -0.231. The molecule has 5 nitrogen and oxygen atoms in total. The Morgan fingerprint density at radius 1 is 1.56 bits per heavy atom. The maximum Gasteiger partial charge on any atom is 0.329 e. The van der Waals surface area contributed by atoms with Gasteiger partial charge in [-0.25, -0.2) is 9.59 Å². The molecule has 1 fully saturated rings. The molecule has 0 radical (unpaired) electrons. The molecule has 0 aromatic heterocycles. The number of carbonyl (C=O) groups excluding carboxylic acids is 1. The standard InChI is InChI=1S/C12H22N2O3S/c1-8(7-18-4)14(3)11(17)13-12(2,10(15)16)9-5-6-9/h8-9H,5-7H2,1-4H3,(H,13,17)(H,15,16). The van der Waals surface area contributed by atoms with Crippen molar-refractivity contribution < 1.29 is 14.7 Å². The number of rotatable bonds is 6. The van der Waals surface area contributed by atoms with Crippen LogP contribution in [-0.4, -0.2) is 52.6 Å². The molecular weight excluding hydrogens is 252 g/mol. The first kappa shape index (κ1) is 15.1. The Balaban J connectivity index is 2.64. The Kier molecular flexibility index (Phi) is 4.90. The van der Waals surface area contributed by atoms with Crippen molar-refractivity contribution in [1.82, 2.24) is 10.2 Å². The topological polar surface area (TPSA) is 69.6 Å². The van der Waals surface area contributed by atoms with Crippen LogP contribution in [0.4, 0.5) is 4.79 Å². The molecule has 2 atom stereocenters. The Morgan fingerprint density at radius 3 is 2.50 bits per heavy atom. The highest BCUT2D eigenvalue weighted by atomic mass is 32.2. The summed E-state index contributed by atoms with van der Waals surface area (Å²) < 4.78 is 0. The fourth-order valence-corrected chi connectivity index (χ4v) is 2.56. The Labute approximate surface area is 112 Å². The molecule has 1 aliphatic carbocycles. The van der Waals surface area contributed by atoms with Gasteiger partial charge in [0.25, 0.3) is 0 Å². The van der Waals surface area contributed by atoms with Crippen LogP contribution in [0.2, 0.25) is 0 Å². The first-order chi connectivity index (χ1) is 8.32. The largest absolute Gasteiger partial charge is 0.480 e. The van der Waals surface area contributed by atoms with Gasteiger partial charge >= 0.3 is 12.0 Å². The van der Waals surface area contributed by atoms with E-state index in [0.717, 1.165) is 18.6 Å². The zero-order chi connectivity index (χ0) is 13.9. The summed E-state index contributed by atoms with van der Waals surface area (Å²) in [5.41, 5.74) is -1.13. The number of carboxylic acids is 1. The summed E-state index contributed by atoms with van der Waals surface area (Å²) >= 11 is 1.66. The van der Waals surface area contributed by atoms with Crippen molar-refractivity contribution >= 4 is 23.8 Å². The van der Waals surface area contributed by atoms with Crippen molar-refractivity contribution in [3.63, 3.8) is 0 Å². The number of nitrogens with zero attached hydrogens (tertiary/aromatic N) is 1. The molecule has 1 rings (SSSR count). The normalized spacial score (nSPS) is 19.8. The third-order valence-electron chi connectivity index (χ3n) is 3.59. The molecule has 1 aliphatic rings. The molecular formula is C12H22N2O3S. The van der Waals surface area contributed by atoms with E-state index < -0.39 is 11.5 Å². The molecule has 104 valence electrons. The highest BCUT2D eigenvalue weighted by Gasteiger charge is 2.49. The van der Waals surface area contributed by atoms with Gasteiger partial charge in [-0.3, -0.25) is 0 Å². The van der Waals surface area contributed by atoms with Crippen molar-refractivity contribution in [3.8, 4) is 0 Å². The fraction of sp³-hybridized carbons (Fsp3) is 0.833. The molecule has 0 bridgehead atoms. The number of hydrogen-bond acceptors (Lipinski definition) is 3. The Morgan fingerprint density at radius 2 is 2.11 bits per heavy atom. The molecule has 0 saturated heterocycles. The maximum atomic E-state index is 12.1. The number of carbonyl (C=O) groups is 2. The van der Waals surface area contributed by atoms with Crippen LogP contribution in [0.1, 0.15) is 26.7 Å². The van der Waals surface area contributed by atoms with Gasteiger partial charge in [0, 0.05) is 18.8 Å². The van der Waals surface area contributed by atoms with Crippen LogP contribution in [0.25, 0.3) is 0 Å². The lowest BCUT2D eigenvalue weighted by Crippen LogP contribution is -2.58. The Hall–Kier alpha value is -0.910. The van der Waals surface area contributed by atoms with Crippen LogP contribution >= 0.6 is 11.8 Å². The van der Waals surface area contributed by atoms with Gasteiger partial charge in [-0.05, 0) is 38.9 Å². The van der Waals surface area contributed by atoms with Crippen molar-refractivity contribution in [2.75, 3.05) is 19.1 Å². The van der Waals surface area contributed by atoms with Crippen molar-refractivity contribution in [2.45, 2.75) is 38.3 Å². The van der Waals surface area contributed by atoms with Gasteiger partial charge in [0.1, 0.15) is 5.54 Å². The van der Waals surface area contributed by atoms with Gasteiger partial charge in [0.2, 0.25) is 0 Å². The minimum Gasteiger partial charge on any atom is -0.480 e. The van der Waals surface area contributed by atoms with Crippen molar-refractivity contribution in [2.24, 2.45) is 5.92 Å². The van der Waals surface area contributed by atoms with Crippen LogP contribution in [0.5, 0.6) is 0 Å². The molecule has 18 heavy (non-hydrogen) atoms. The molecule has 1 saturated carbocycles. The summed E-state index contributed by atoms with van der Waals surface area (Å²) in [6.45, 7) is 3.54. The van der Waals surface area contributed by atoms with Gasteiger partial charge in [-0.1, -0.05) is 0 Å². The smallest absolute Gasteiger partial charge is 0.329 e. The molecule has 2 N–H and O–H groups in total. The molecule has 0 heterocycles. The van der Waals surface area contributed by atoms with Crippen LogP contribution in [0.15, 0.2) is 0 Å². The summed E-state index contributed by atoms with van der Waals surface area (Å²) in [6.07, 6.45) is 3.72. The maximum absolute atomic E-state index is 12.1. The second-order valence-electron chi connectivity index (χ2n) is 5.13. The molecule has 0 aliphatic heterocycles. The van der Waals surface area contributed by atoms with Crippen LogP contribution < -0.4 is 5.32 Å². The minimum atomic E-state index is -1.13. The lowest BCUT2D eigenvalue weighted by Gasteiger charge is -2.31. The summed E-state index contributed by atoms with van der Waals surface area (Å²) in [7, 11) is 1.70. The highest BCUT2D eigenvalue weighted by Crippen LogP contribution is 2.39. The van der Waals surface area contributed by atoms with Gasteiger partial charge in [0.15, 0.2) is 0 Å². The van der Waals surface area contributed by atoms with Gasteiger partial charge < -0.3 is 15.3 Å². The number of urea groups is 1. The number of thioether (sulfide) groups is 1. The van der Waals surface area contributed by atoms with Crippen LogP contribution in [0.3, 0.4) is 0 Å². The average molecular weight is 274 g/mol. The van der Waals surface area contributed by atoms with E-state index in [1.165, 1.54) is 0 Å². The van der Waals surface area contributed by atoms with Gasteiger partial charge in [0.05, 0.1) is 0 Å². The molecule has 0 aromatic carbocycles. The second kappa shape index (κ2) is 5.82. The van der Waals surface area contributed by atoms with Crippen molar-refractivity contribution in [3.05, 3.63) is 0 Å². The SMILES string of the molecule is CSCC(C)N(C)C(=O)NC(C)(C(=O)O)C1CC1. The van der Waals surface area contributed by atoms with E-state index in [-0.39, 0.29) is 18.0 Å². The molecule has 0 spiro atoms. The minimum absolute atomic E-state index is 0.0585. The first-order valence-corrected chi connectivity index (χ1v) is 7.49. The lowest BCUT2D eigenvalue weighted by atomic mass is 9.96. The number of carboxylic acid groups (broad SMARTS) is 1. The van der Waals surface area contributed by atoms with E-state index in [9.17, 15) is 14.7 Å². The number of hydrogen-bond donors (Lipinski definition) is 2. The number of aliphatic carboxylic acids is 1. The van der Waals surface area contributed by atoms with Gasteiger partial charge in [-0.15, -0.1) is 0 Å². The van der Waals surface area contributed by atoms with E-state index in [1.807, 2.05) is 13.2 Å². The third-order valence-corrected chi connectivity index (χ3v) is 4.41. The van der Waals surface area contributed by atoms with Gasteiger partial charge in [-0.2, -0.15) is 11.8 Å². The average Bonchev–Trinajstić information content (AvgIpc) is 3.11. The summed E-state index contributed by atoms with van der Waals surface area (Å²) in [4.78, 5) is 24.9.